The normalized spacial score (nSPS) is 13.9. The molecule has 5 heteroatoms. The Balaban J connectivity index is 0.000000308. The molecule has 2 rings (SSSR count). The van der Waals surface area contributed by atoms with E-state index in [0.717, 1.165) is 19.4 Å². The first-order chi connectivity index (χ1) is 8.84. The molecule has 1 heterocycles. The highest BCUT2D eigenvalue weighted by Crippen LogP contribution is 2.05. The van der Waals surface area contributed by atoms with E-state index in [1.54, 1.807) is 0 Å². The van der Waals surface area contributed by atoms with Gasteiger partial charge in [0.15, 0.2) is 5.96 Å². The molecule has 1 fully saturated rings. The van der Waals surface area contributed by atoms with Crippen LogP contribution in [0.1, 0.15) is 12.8 Å². The van der Waals surface area contributed by atoms with Gasteiger partial charge in [0.1, 0.15) is 6.34 Å². The number of nitrogens with one attached hydrogen (secondary N) is 1. The van der Waals surface area contributed by atoms with E-state index < -0.39 is 0 Å². The Morgan fingerprint density at radius 2 is 1.44 bits per heavy atom. The van der Waals surface area contributed by atoms with E-state index in [-0.39, 0.29) is 0 Å². The minimum atomic E-state index is 0.479. The highest BCUT2D eigenvalue weighted by atomic mass is 15.3. The number of likely N-dealkylation sites (tertiary alicyclic amines) is 1. The molecule has 100 valence electrons. The second-order valence-corrected chi connectivity index (χ2v) is 3.47. The van der Waals surface area contributed by atoms with Crippen molar-refractivity contribution < 1.29 is 0 Å². The first kappa shape index (κ1) is 16.1. The third kappa shape index (κ3) is 7.40. The molecule has 0 aromatic heterocycles. The molecule has 1 aromatic carbocycles. The van der Waals surface area contributed by atoms with Gasteiger partial charge in [0.05, 0.1) is 0 Å². The fraction of sp³-hybridized carbons (Fsp3) is 0.385. The standard InChI is InChI=1S/C6H12N4.C6H6.CH5N/c7-5-9-6(8)10-3-1-2-4-10;1-2-4-6-5-3-1;1-2/h5H,1-4H2,(H3,7,8,9);1-6H;2H2,1H3. The summed E-state index contributed by atoms with van der Waals surface area (Å²) in [6.45, 7) is 1.98. The lowest BCUT2D eigenvalue weighted by atomic mass is 10.4. The predicted octanol–water partition coefficient (Wildman–Crippen LogP) is 1.27. The molecule has 0 radical (unpaired) electrons. The Morgan fingerprint density at radius 1 is 1.06 bits per heavy atom. The molecule has 1 aliphatic rings. The number of nitrogens with two attached hydrogens (primary N) is 2. The van der Waals surface area contributed by atoms with Gasteiger partial charge in [0.25, 0.3) is 0 Å². The van der Waals surface area contributed by atoms with Crippen LogP contribution in [0.3, 0.4) is 0 Å². The van der Waals surface area contributed by atoms with Crippen molar-refractivity contribution in [2.24, 2.45) is 16.5 Å². The zero-order valence-electron chi connectivity index (χ0n) is 10.9. The van der Waals surface area contributed by atoms with E-state index in [1.165, 1.54) is 19.9 Å². The van der Waals surface area contributed by atoms with Gasteiger partial charge in [-0.2, -0.15) is 0 Å². The fourth-order valence-electron chi connectivity index (χ4n) is 1.48. The van der Waals surface area contributed by atoms with Crippen LogP contribution in [-0.2, 0) is 0 Å². The van der Waals surface area contributed by atoms with Gasteiger partial charge in [-0.25, -0.2) is 4.99 Å². The van der Waals surface area contributed by atoms with Gasteiger partial charge in [-0.15, -0.1) is 0 Å². The van der Waals surface area contributed by atoms with Crippen molar-refractivity contribution in [3.8, 4) is 0 Å². The summed E-state index contributed by atoms with van der Waals surface area (Å²) >= 11 is 0. The molecule has 0 amide bonds. The topological polar surface area (TPSA) is 91.5 Å². The smallest absolute Gasteiger partial charge is 0.197 e. The van der Waals surface area contributed by atoms with Crippen molar-refractivity contribution in [2.45, 2.75) is 12.8 Å². The van der Waals surface area contributed by atoms with Gasteiger partial charge in [-0.3, -0.25) is 5.41 Å². The van der Waals surface area contributed by atoms with E-state index in [9.17, 15) is 0 Å². The summed E-state index contributed by atoms with van der Waals surface area (Å²) in [5.74, 6) is 0.479. The molecular weight excluding hydrogens is 226 g/mol. The quantitative estimate of drug-likeness (QED) is 0.517. The summed E-state index contributed by atoms with van der Waals surface area (Å²) < 4.78 is 0. The Hall–Kier alpha value is -1.88. The van der Waals surface area contributed by atoms with Gasteiger partial charge < -0.3 is 16.4 Å². The van der Waals surface area contributed by atoms with Gasteiger partial charge >= 0.3 is 0 Å². The van der Waals surface area contributed by atoms with Crippen molar-refractivity contribution >= 4 is 12.3 Å². The number of hydrogen-bond donors (Lipinski definition) is 3. The molecule has 1 saturated heterocycles. The van der Waals surface area contributed by atoms with Crippen molar-refractivity contribution in [1.29, 1.82) is 5.41 Å². The molecular formula is C13H23N5. The summed E-state index contributed by atoms with van der Waals surface area (Å²) in [5.41, 5.74) is 10.0. The zero-order chi connectivity index (χ0) is 13.6. The van der Waals surface area contributed by atoms with Crippen LogP contribution < -0.4 is 11.5 Å². The molecule has 5 N–H and O–H groups in total. The first-order valence-electron chi connectivity index (χ1n) is 5.99. The minimum Gasteiger partial charge on any atom is -0.369 e. The van der Waals surface area contributed by atoms with E-state index in [0.29, 0.717) is 5.96 Å². The third-order valence-electron chi connectivity index (χ3n) is 2.29. The summed E-state index contributed by atoms with van der Waals surface area (Å²) in [5, 5.41) is 6.68. The number of nitrogens with zero attached hydrogens (tertiary/aromatic N) is 2. The number of benzene rings is 1. The molecule has 1 aromatic rings. The Kier molecular flexibility index (Phi) is 10.4. The maximum Gasteiger partial charge on any atom is 0.197 e. The molecule has 0 unspecified atom stereocenters. The van der Waals surface area contributed by atoms with E-state index >= 15 is 0 Å². The highest BCUT2D eigenvalue weighted by molar-refractivity contribution is 5.84. The second-order valence-electron chi connectivity index (χ2n) is 3.47. The predicted molar refractivity (Wildman–Crippen MR) is 77.8 cm³/mol. The van der Waals surface area contributed by atoms with Crippen LogP contribution in [-0.4, -0.2) is 37.3 Å². The van der Waals surface area contributed by atoms with E-state index in [2.05, 4.69) is 10.7 Å². The van der Waals surface area contributed by atoms with Gasteiger partial charge in [-0.05, 0) is 19.9 Å². The Morgan fingerprint density at radius 3 is 1.78 bits per heavy atom. The summed E-state index contributed by atoms with van der Waals surface area (Å²) in [7, 11) is 1.50. The largest absolute Gasteiger partial charge is 0.369 e. The minimum absolute atomic E-state index is 0.479. The van der Waals surface area contributed by atoms with E-state index in [1.807, 2.05) is 41.3 Å². The van der Waals surface area contributed by atoms with Crippen LogP contribution >= 0.6 is 0 Å². The first-order valence-corrected chi connectivity index (χ1v) is 5.99. The lowest BCUT2D eigenvalue weighted by Gasteiger charge is -2.14. The van der Waals surface area contributed by atoms with Gasteiger partial charge in [0, 0.05) is 13.1 Å². The summed E-state index contributed by atoms with van der Waals surface area (Å²) in [6.07, 6.45) is 3.36. The van der Waals surface area contributed by atoms with Crippen LogP contribution in [0.4, 0.5) is 0 Å². The highest BCUT2D eigenvalue weighted by Gasteiger charge is 2.12. The van der Waals surface area contributed by atoms with Crippen LogP contribution in [0.2, 0.25) is 0 Å². The number of guanidine groups is 1. The average molecular weight is 249 g/mol. The Labute approximate surface area is 109 Å². The van der Waals surface area contributed by atoms with Crippen LogP contribution in [0.25, 0.3) is 0 Å². The lowest BCUT2D eigenvalue weighted by molar-refractivity contribution is 0.514. The van der Waals surface area contributed by atoms with Crippen molar-refractivity contribution in [3.63, 3.8) is 0 Å². The number of hydrogen-bond acceptors (Lipinski definition) is 2. The maximum absolute atomic E-state index is 6.68. The maximum atomic E-state index is 6.68. The third-order valence-corrected chi connectivity index (χ3v) is 2.29. The molecule has 1 aliphatic heterocycles. The monoisotopic (exact) mass is 249 g/mol. The molecule has 0 atom stereocenters. The molecule has 0 aliphatic carbocycles. The zero-order valence-corrected chi connectivity index (χ0v) is 10.9. The number of rotatable bonds is 1. The van der Waals surface area contributed by atoms with Crippen molar-refractivity contribution in [1.82, 2.24) is 4.90 Å². The molecule has 0 bridgehead atoms. The van der Waals surface area contributed by atoms with E-state index in [4.69, 9.17) is 11.1 Å². The van der Waals surface area contributed by atoms with Gasteiger partial charge in [0.2, 0.25) is 0 Å². The molecule has 0 saturated carbocycles. The van der Waals surface area contributed by atoms with Crippen LogP contribution in [0.5, 0.6) is 0 Å². The van der Waals surface area contributed by atoms with Crippen LogP contribution in [0, 0.1) is 5.41 Å². The Bertz CT molecular complexity index is 291. The van der Waals surface area contributed by atoms with Gasteiger partial charge in [-0.1, -0.05) is 36.4 Å². The average Bonchev–Trinajstić information content (AvgIpc) is 2.98. The fourth-order valence-corrected chi connectivity index (χ4v) is 1.48. The van der Waals surface area contributed by atoms with Crippen molar-refractivity contribution in [2.75, 3.05) is 20.1 Å². The SMILES string of the molecule is CN.N=CN=C(N)N1CCCC1.c1ccccc1. The number of aliphatic imine (C=N–C) groups is 1. The molecule has 18 heavy (non-hydrogen) atoms. The van der Waals surface area contributed by atoms with Crippen molar-refractivity contribution in [3.05, 3.63) is 36.4 Å². The second kappa shape index (κ2) is 11.6. The molecule has 0 spiro atoms. The summed E-state index contributed by atoms with van der Waals surface area (Å²) in [6, 6.07) is 12.0. The lowest BCUT2D eigenvalue weighted by Crippen LogP contribution is -2.34. The van der Waals surface area contributed by atoms with Crippen LogP contribution in [0.15, 0.2) is 41.4 Å². The summed E-state index contributed by atoms with van der Waals surface area (Å²) in [4.78, 5) is 5.66. The molecule has 5 nitrogen and oxygen atoms in total.